The molecule has 2 aliphatic rings. The Morgan fingerprint density at radius 3 is 2.06 bits per heavy atom. The Morgan fingerprint density at radius 2 is 1.38 bits per heavy atom. The molecule has 0 saturated carbocycles. The molecule has 0 spiro atoms. The molecule has 6 nitrogen and oxygen atoms in total. The van der Waals surface area contributed by atoms with Gasteiger partial charge < -0.3 is 4.90 Å². The number of benzene rings is 2. The van der Waals surface area contributed by atoms with Crippen LogP contribution in [0.15, 0.2) is 84.8 Å². The molecule has 1 aromatic heterocycles. The third-order valence-electron chi connectivity index (χ3n) is 6.30. The van der Waals surface area contributed by atoms with Gasteiger partial charge in [-0.2, -0.15) is 0 Å². The van der Waals surface area contributed by atoms with Crippen molar-refractivity contribution >= 4 is 17.4 Å². The van der Waals surface area contributed by atoms with Gasteiger partial charge in [0.2, 0.25) is 0 Å². The van der Waals surface area contributed by atoms with Gasteiger partial charge in [-0.05, 0) is 41.0 Å². The lowest BCUT2D eigenvalue weighted by Gasteiger charge is -2.36. The van der Waals surface area contributed by atoms with Crippen molar-refractivity contribution in [3.8, 4) is 0 Å². The summed E-state index contributed by atoms with van der Waals surface area (Å²) in [6.45, 7) is 3.84. The number of hydrogen-bond donors (Lipinski definition) is 0. The molecule has 0 unspecified atom stereocenters. The number of hydrogen-bond acceptors (Lipinski definition) is 5. The molecule has 0 atom stereocenters. The Hall–Kier alpha value is -3.84. The molecule has 2 aliphatic heterocycles. The highest BCUT2D eigenvalue weighted by atomic mass is 19.1. The number of nitrogens with zero attached hydrogens (tertiary/aromatic N) is 4. The first kappa shape index (κ1) is 22.0. The van der Waals surface area contributed by atoms with Crippen LogP contribution in [0.1, 0.15) is 16.7 Å². The van der Waals surface area contributed by atoms with Crippen LogP contribution in [0, 0.1) is 5.82 Å². The van der Waals surface area contributed by atoms with Crippen LogP contribution >= 0.6 is 0 Å². The SMILES string of the molecule is O=C1C(c2ccc(F)cc2)=C(N2CCN(Cc3ccccc3)CC2)C(=O)N1Cc1ccncc1. The van der Waals surface area contributed by atoms with Gasteiger partial charge >= 0.3 is 0 Å². The van der Waals surface area contributed by atoms with Crippen molar-refractivity contribution < 1.29 is 14.0 Å². The molecule has 2 aromatic carbocycles. The van der Waals surface area contributed by atoms with Gasteiger partial charge in [0.15, 0.2) is 0 Å². The van der Waals surface area contributed by atoms with Crippen molar-refractivity contribution in [1.82, 2.24) is 19.7 Å². The molecular weight excluding hydrogens is 431 g/mol. The summed E-state index contributed by atoms with van der Waals surface area (Å²) in [6.07, 6.45) is 3.28. The Morgan fingerprint density at radius 1 is 0.735 bits per heavy atom. The number of carbonyl (C=O) groups is 2. The van der Waals surface area contributed by atoms with Gasteiger partial charge in [0.05, 0.1) is 12.1 Å². The van der Waals surface area contributed by atoms with E-state index in [4.69, 9.17) is 0 Å². The van der Waals surface area contributed by atoms with Gasteiger partial charge in [-0.3, -0.25) is 24.4 Å². The van der Waals surface area contributed by atoms with Gasteiger partial charge in [0, 0.05) is 45.1 Å². The van der Waals surface area contributed by atoms with Gasteiger partial charge in [-0.1, -0.05) is 42.5 Å². The quantitative estimate of drug-likeness (QED) is 0.533. The zero-order chi connectivity index (χ0) is 23.5. The summed E-state index contributed by atoms with van der Waals surface area (Å²) < 4.78 is 13.6. The van der Waals surface area contributed by atoms with Crippen LogP contribution in [0.3, 0.4) is 0 Å². The zero-order valence-corrected chi connectivity index (χ0v) is 18.7. The third-order valence-corrected chi connectivity index (χ3v) is 6.30. The minimum atomic E-state index is -0.383. The Bertz CT molecular complexity index is 1200. The van der Waals surface area contributed by atoms with Crippen molar-refractivity contribution in [2.75, 3.05) is 26.2 Å². The standard InChI is InChI=1S/C27H25FN4O2/c28-23-8-6-22(7-9-23)24-25(27(34)32(26(24)33)19-21-10-12-29-13-11-21)31-16-14-30(15-17-31)18-20-4-2-1-3-5-20/h1-13H,14-19H2. The van der Waals surface area contributed by atoms with Crippen molar-refractivity contribution in [2.24, 2.45) is 0 Å². The molecule has 5 rings (SSSR count). The maximum atomic E-state index is 13.6. The maximum Gasteiger partial charge on any atom is 0.278 e. The number of aromatic nitrogens is 1. The van der Waals surface area contributed by atoms with Crippen LogP contribution in [0.25, 0.3) is 5.57 Å². The molecule has 2 amide bonds. The number of amides is 2. The fraction of sp³-hybridized carbons (Fsp3) is 0.222. The van der Waals surface area contributed by atoms with Gasteiger partial charge in [-0.15, -0.1) is 0 Å². The summed E-state index contributed by atoms with van der Waals surface area (Å²) in [6, 6.07) is 19.6. The van der Waals surface area contributed by atoms with E-state index < -0.39 is 0 Å². The molecule has 3 heterocycles. The summed E-state index contributed by atoms with van der Waals surface area (Å²) >= 11 is 0. The van der Waals surface area contributed by atoms with Crippen LogP contribution in [0.5, 0.6) is 0 Å². The second-order valence-corrected chi connectivity index (χ2v) is 8.53. The van der Waals surface area contributed by atoms with E-state index in [9.17, 15) is 14.0 Å². The molecule has 0 N–H and O–H groups in total. The van der Waals surface area contributed by atoms with E-state index in [1.807, 2.05) is 23.1 Å². The second-order valence-electron chi connectivity index (χ2n) is 8.53. The van der Waals surface area contributed by atoms with Crippen LogP contribution in [-0.2, 0) is 22.7 Å². The normalized spacial score (nSPS) is 17.1. The van der Waals surface area contributed by atoms with E-state index in [-0.39, 0.29) is 24.2 Å². The number of pyridine rings is 1. The third kappa shape index (κ3) is 4.47. The highest BCUT2D eigenvalue weighted by Crippen LogP contribution is 2.33. The first-order valence-electron chi connectivity index (χ1n) is 11.4. The Balaban J connectivity index is 1.40. The molecule has 0 bridgehead atoms. The van der Waals surface area contributed by atoms with Crippen LogP contribution < -0.4 is 0 Å². The minimum Gasteiger partial charge on any atom is -0.364 e. The van der Waals surface area contributed by atoms with Crippen LogP contribution in [-0.4, -0.2) is 57.7 Å². The maximum absolute atomic E-state index is 13.6. The summed E-state index contributed by atoms with van der Waals surface area (Å²) in [4.78, 5) is 36.6. The van der Waals surface area contributed by atoms with Crippen LogP contribution in [0.2, 0.25) is 0 Å². The van der Waals surface area contributed by atoms with Crippen molar-refractivity contribution in [3.63, 3.8) is 0 Å². The predicted octanol–water partition coefficient (Wildman–Crippen LogP) is 3.32. The van der Waals surface area contributed by atoms with E-state index in [2.05, 4.69) is 22.0 Å². The summed E-state index contributed by atoms with van der Waals surface area (Å²) in [7, 11) is 0. The van der Waals surface area contributed by atoms with Crippen LogP contribution in [0.4, 0.5) is 4.39 Å². The average molecular weight is 457 g/mol. The van der Waals surface area contributed by atoms with Crippen molar-refractivity contribution in [1.29, 1.82) is 0 Å². The largest absolute Gasteiger partial charge is 0.364 e. The molecule has 0 aliphatic carbocycles. The number of rotatable bonds is 6. The number of piperazine rings is 1. The second kappa shape index (κ2) is 9.57. The summed E-state index contributed by atoms with van der Waals surface area (Å²) in [5, 5.41) is 0. The first-order valence-corrected chi connectivity index (χ1v) is 11.4. The topological polar surface area (TPSA) is 56.8 Å². The summed E-state index contributed by atoms with van der Waals surface area (Å²) in [5.74, 6) is -1.04. The highest BCUT2D eigenvalue weighted by molar-refractivity contribution is 6.35. The lowest BCUT2D eigenvalue weighted by Crippen LogP contribution is -2.47. The summed E-state index contributed by atoms with van der Waals surface area (Å²) in [5.41, 5.74) is 3.38. The lowest BCUT2D eigenvalue weighted by atomic mass is 10.0. The van der Waals surface area contributed by atoms with Gasteiger partial charge in [0.1, 0.15) is 11.5 Å². The smallest absolute Gasteiger partial charge is 0.278 e. The van der Waals surface area contributed by atoms with E-state index >= 15 is 0 Å². The molecule has 1 saturated heterocycles. The number of imide groups is 1. The number of carbonyl (C=O) groups excluding carboxylic acids is 2. The Labute approximate surface area is 197 Å². The molecule has 7 heteroatoms. The highest BCUT2D eigenvalue weighted by Gasteiger charge is 2.42. The minimum absolute atomic E-state index is 0.169. The fourth-order valence-electron chi connectivity index (χ4n) is 4.52. The zero-order valence-electron chi connectivity index (χ0n) is 18.7. The lowest BCUT2D eigenvalue weighted by molar-refractivity contribution is -0.138. The predicted molar refractivity (Wildman–Crippen MR) is 126 cm³/mol. The molecule has 1 fully saturated rings. The van der Waals surface area contributed by atoms with Crippen molar-refractivity contribution in [3.05, 3.63) is 107 Å². The molecule has 172 valence electrons. The fourth-order valence-corrected chi connectivity index (χ4v) is 4.52. The molecule has 3 aromatic rings. The van der Waals surface area contributed by atoms with E-state index in [1.165, 1.54) is 22.6 Å². The Kier molecular flexibility index (Phi) is 6.18. The molecular formula is C27H25FN4O2. The molecule has 34 heavy (non-hydrogen) atoms. The molecule has 0 radical (unpaired) electrons. The van der Waals surface area contributed by atoms with Gasteiger partial charge in [0.25, 0.3) is 11.8 Å². The average Bonchev–Trinajstić information content (AvgIpc) is 3.11. The first-order chi connectivity index (χ1) is 16.6. The van der Waals surface area contributed by atoms with Crippen molar-refractivity contribution in [2.45, 2.75) is 13.1 Å². The number of halogens is 1. The van der Waals surface area contributed by atoms with E-state index in [0.29, 0.717) is 29.9 Å². The van der Waals surface area contributed by atoms with E-state index in [1.54, 1.807) is 36.7 Å². The van der Waals surface area contributed by atoms with Gasteiger partial charge in [-0.25, -0.2) is 4.39 Å². The monoisotopic (exact) mass is 456 g/mol. The van der Waals surface area contributed by atoms with E-state index in [0.717, 1.165) is 25.2 Å².